The Morgan fingerprint density at radius 3 is 1.90 bits per heavy atom. The summed E-state index contributed by atoms with van der Waals surface area (Å²) in [5, 5.41) is 21.5. The van der Waals surface area contributed by atoms with Crippen LogP contribution in [0, 0.1) is 0 Å². The molecule has 0 aromatic rings. The van der Waals surface area contributed by atoms with Crippen LogP contribution in [0.15, 0.2) is 0 Å². The Morgan fingerprint density at radius 1 is 1.00 bits per heavy atom. The van der Waals surface area contributed by atoms with Crippen LogP contribution in [-0.2, 0) is 9.59 Å². The van der Waals surface area contributed by atoms with Crippen molar-refractivity contribution in [1.29, 1.82) is 0 Å². The second kappa shape index (κ2) is 16.3. The minimum Gasteiger partial charge on any atom is -0.548 e. The van der Waals surface area contributed by atoms with Gasteiger partial charge in [0.25, 0.3) is 0 Å². The number of aliphatic carboxylic acids is 1. The first kappa shape index (κ1) is 23.2. The summed E-state index contributed by atoms with van der Waals surface area (Å²) in [5.41, 5.74) is 0. The van der Waals surface area contributed by atoms with Crippen LogP contribution in [-0.4, -0.2) is 29.6 Å². The number of aliphatic hydroxyl groups is 1. The van der Waals surface area contributed by atoms with Crippen molar-refractivity contribution in [2.24, 2.45) is 0 Å². The molecule has 0 aliphatic heterocycles. The number of carbonyl (C=O) groups excluding carboxylic acids is 2. The molecule has 0 rings (SSSR count). The first-order valence-electron chi connectivity index (χ1n) is 7.72. The van der Waals surface area contributed by atoms with Crippen molar-refractivity contribution in [3.63, 3.8) is 0 Å². The Hall–Kier alpha value is -0.100. The van der Waals surface area contributed by atoms with E-state index in [-0.39, 0.29) is 35.5 Å². The van der Waals surface area contributed by atoms with E-state index in [9.17, 15) is 14.7 Å². The van der Waals surface area contributed by atoms with E-state index in [2.05, 4.69) is 12.2 Å². The molecule has 6 heteroatoms. The monoisotopic (exact) mass is 309 g/mol. The summed E-state index contributed by atoms with van der Waals surface area (Å²) in [5.74, 6) is -1.79. The van der Waals surface area contributed by atoms with Gasteiger partial charge in [-0.1, -0.05) is 58.3 Å². The molecule has 0 saturated carbocycles. The fourth-order valence-corrected chi connectivity index (χ4v) is 2.04. The fraction of sp³-hybridized carbons (Fsp3) is 0.867. The summed E-state index contributed by atoms with van der Waals surface area (Å²) in [6.45, 7) is 1.57. The SMILES string of the molecule is CCCCCCCCCCCC(=O)NC(CO)C(=O)[O-].[Na+]. The maximum absolute atomic E-state index is 11.4. The molecule has 0 bridgehead atoms. The van der Waals surface area contributed by atoms with Crippen LogP contribution < -0.4 is 40.0 Å². The van der Waals surface area contributed by atoms with Gasteiger partial charge in [0, 0.05) is 6.42 Å². The summed E-state index contributed by atoms with van der Waals surface area (Å²) in [6.07, 6.45) is 10.8. The third-order valence-corrected chi connectivity index (χ3v) is 3.31. The average Bonchev–Trinajstić information content (AvgIpc) is 2.42. The predicted molar refractivity (Wildman–Crippen MR) is 75.9 cm³/mol. The minimum absolute atomic E-state index is 0. The molecule has 0 heterocycles. The number of hydrogen-bond donors (Lipinski definition) is 2. The van der Waals surface area contributed by atoms with Gasteiger partial charge in [0.15, 0.2) is 0 Å². The second-order valence-corrected chi connectivity index (χ2v) is 5.20. The van der Waals surface area contributed by atoms with Gasteiger partial charge in [-0.05, 0) is 6.42 Å². The number of aliphatic hydroxyl groups excluding tert-OH is 1. The van der Waals surface area contributed by atoms with Gasteiger partial charge in [0.1, 0.15) is 0 Å². The molecule has 0 radical (unpaired) electrons. The van der Waals surface area contributed by atoms with Crippen molar-refractivity contribution in [3.05, 3.63) is 0 Å². The maximum atomic E-state index is 11.4. The molecule has 0 saturated heterocycles. The molecule has 0 aromatic carbocycles. The summed E-state index contributed by atoms with van der Waals surface area (Å²) in [4.78, 5) is 21.9. The number of unbranched alkanes of at least 4 members (excludes halogenated alkanes) is 8. The molecule has 5 nitrogen and oxygen atoms in total. The van der Waals surface area contributed by atoms with E-state index >= 15 is 0 Å². The fourth-order valence-electron chi connectivity index (χ4n) is 2.04. The van der Waals surface area contributed by atoms with Crippen molar-refractivity contribution in [2.45, 2.75) is 77.2 Å². The number of carbonyl (C=O) groups is 2. The molecule has 0 aromatic heterocycles. The Kier molecular flexibility index (Phi) is 18.0. The van der Waals surface area contributed by atoms with E-state index in [0.29, 0.717) is 6.42 Å². The van der Waals surface area contributed by atoms with Crippen molar-refractivity contribution in [1.82, 2.24) is 5.32 Å². The van der Waals surface area contributed by atoms with Crippen LogP contribution in [0.4, 0.5) is 0 Å². The van der Waals surface area contributed by atoms with Crippen LogP contribution >= 0.6 is 0 Å². The van der Waals surface area contributed by atoms with Crippen LogP contribution in [0.2, 0.25) is 0 Å². The Bertz CT molecular complexity index is 274. The third-order valence-electron chi connectivity index (χ3n) is 3.31. The van der Waals surface area contributed by atoms with Crippen molar-refractivity contribution < 1.29 is 49.4 Å². The zero-order valence-electron chi connectivity index (χ0n) is 13.5. The van der Waals surface area contributed by atoms with Gasteiger partial charge < -0.3 is 20.3 Å². The van der Waals surface area contributed by atoms with E-state index in [1.807, 2.05) is 0 Å². The van der Waals surface area contributed by atoms with Crippen LogP contribution in [0.3, 0.4) is 0 Å². The zero-order chi connectivity index (χ0) is 15.2. The predicted octanol–water partition coefficient (Wildman–Crippen LogP) is -1.86. The molecule has 2 N–H and O–H groups in total. The van der Waals surface area contributed by atoms with Crippen LogP contribution in [0.1, 0.15) is 71.1 Å². The van der Waals surface area contributed by atoms with Crippen LogP contribution in [0.25, 0.3) is 0 Å². The number of nitrogens with one attached hydrogen (secondary N) is 1. The van der Waals surface area contributed by atoms with E-state index in [4.69, 9.17) is 5.11 Å². The smallest absolute Gasteiger partial charge is 0.548 e. The molecule has 1 atom stereocenters. The number of carboxylic acid groups (broad SMARTS) is 1. The number of carboxylic acids is 1. The minimum atomic E-state index is -1.45. The molecule has 118 valence electrons. The Morgan fingerprint density at radius 2 is 1.48 bits per heavy atom. The van der Waals surface area contributed by atoms with Gasteiger partial charge in [-0.2, -0.15) is 0 Å². The molecule has 0 spiro atoms. The van der Waals surface area contributed by atoms with E-state index in [0.717, 1.165) is 19.3 Å². The molecule has 1 amide bonds. The van der Waals surface area contributed by atoms with Gasteiger partial charge in [-0.3, -0.25) is 4.79 Å². The number of rotatable bonds is 13. The van der Waals surface area contributed by atoms with Gasteiger partial charge in [0.05, 0.1) is 18.6 Å². The second-order valence-electron chi connectivity index (χ2n) is 5.20. The zero-order valence-corrected chi connectivity index (χ0v) is 15.5. The number of amides is 1. The van der Waals surface area contributed by atoms with Crippen molar-refractivity contribution in [2.75, 3.05) is 6.61 Å². The largest absolute Gasteiger partial charge is 1.00 e. The quantitative estimate of drug-likeness (QED) is 0.308. The Labute approximate surface area is 150 Å². The number of hydrogen-bond acceptors (Lipinski definition) is 4. The molecule has 1 unspecified atom stereocenters. The molecule has 0 aliphatic carbocycles. The molecule has 0 aliphatic rings. The first-order valence-corrected chi connectivity index (χ1v) is 7.72. The topological polar surface area (TPSA) is 89.5 Å². The molecule has 21 heavy (non-hydrogen) atoms. The Balaban J connectivity index is 0. The third kappa shape index (κ3) is 14.6. The maximum Gasteiger partial charge on any atom is 1.00 e. The van der Waals surface area contributed by atoms with Crippen molar-refractivity contribution >= 4 is 11.9 Å². The normalized spacial score (nSPS) is 11.5. The van der Waals surface area contributed by atoms with E-state index < -0.39 is 18.6 Å². The summed E-state index contributed by atoms with van der Waals surface area (Å²) >= 11 is 0. The summed E-state index contributed by atoms with van der Waals surface area (Å²) < 4.78 is 0. The van der Waals surface area contributed by atoms with Crippen molar-refractivity contribution in [3.8, 4) is 0 Å². The van der Waals surface area contributed by atoms with Gasteiger partial charge >= 0.3 is 29.6 Å². The first-order chi connectivity index (χ1) is 9.61. The molecular weight excluding hydrogens is 281 g/mol. The van der Waals surface area contributed by atoms with Crippen LogP contribution in [0.5, 0.6) is 0 Å². The van der Waals surface area contributed by atoms with E-state index in [1.165, 1.54) is 38.5 Å². The average molecular weight is 309 g/mol. The molecular formula is C15H28NNaO4. The summed E-state index contributed by atoms with van der Waals surface area (Å²) in [7, 11) is 0. The van der Waals surface area contributed by atoms with Gasteiger partial charge in [-0.25, -0.2) is 0 Å². The standard InChI is InChI=1S/C15H29NO4.Na/c1-2-3-4-5-6-7-8-9-10-11-14(18)16-13(12-17)15(19)20;/h13,17H,2-12H2,1H3,(H,16,18)(H,19,20);/q;+1/p-1. The van der Waals surface area contributed by atoms with E-state index in [1.54, 1.807) is 0 Å². The summed E-state index contributed by atoms with van der Waals surface area (Å²) in [6, 6.07) is -1.29. The van der Waals surface area contributed by atoms with Gasteiger partial charge in [0.2, 0.25) is 5.91 Å². The van der Waals surface area contributed by atoms with Gasteiger partial charge in [-0.15, -0.1) is 0 Å². The molecule has 0 fully saturated rings.